The van der Waals surface area contributed by atoms with Gasteiger partial charge in [-0.2, -0.15) is 0 Å². The van der Waals surface area contributed by atoms with Gasteiger partial charge in [0.25, 0.3) is 0 Å². The maximum atomic E-state index is 12.1. The normalized spacial score (nSPS) is 13.5. The predicted molar refractivity (Wildman–Crippen MR) is 179 cm³/mol. The van der Waals surface area contributed by atoms with Crippen molar-refractivity contribution in [2.75, 3.05) is 13.2 Å². The maximum absolute atomic E-state index is 12.1. The second-order valence-corrected chi connectivity index (χ2v) is 11.5. The van der Waals surface area contributed by atoms with Gasteiger partial charge in [0.05, 0.1) is 12.7 Å². The average Bonchev–Trinajstić information content (AvgIpc) is 2.99. The van der Waals surface area contributed by atoms with Crippen molar-refractivity contribution in [3.05, 3.63) is 48.6 Å². The van der Waals surface area contributed by atoms with Gasteiger partial charge in [-0.1, -0.05) is 120 Å². The standard InChI is InChI=1S/C37H64O6/c1-3-4-5-6-7-8-14-18-21-24-27-30-36(40)42-33-35(32-38)43-37(41)31-28-25-22-19-16-13-11-9-10-12-15-17-20-23-26-29-34(2)39/h10-13,17,19-20,22,34-35,38-39H,3-9,14-16,18,21,23-33H2,1-2H3/b12-10-,13-11-,20-17-,22-19-/t34-,35-/m0/s1. The summed E-state index contributed by atoms with van der Waals surface area (Å²) >= 11 is 0. The van der Waals surface area contributed by atoms with E-state index in [4.69, 9.17) is 9.47 Å². The van der Waals surface area contributed by atoms with Crippen LogP contribution >= 0.6 is 0 Å². The fraction of sp³-hybridized carbons (Fsp3) is 0.730. The first-order valence-electron chi connectivity index (χ1n) is 17.2. The summed E-state index contributed by atoms with van der Waals surface area (Å²) in [6.45, 7) is 3.61. The minimum absolute atomic E-state index is 0.0952. The summed E-state index contributed by atoms with van der Waals surface area (Å²) in [5.41, 5.74) is 0. The lowest BCUT2D eigenvalue weighted by Gasteiger charge is -2.15. The van der Waals surface area contributed by atoms with E-state index in [9.17, 15) is 19.8 Å². The minimum Gasteiger partial charge on any atom is -0.462 e. The van der Waals surface area contributed by atoms with Gasteiger partial charge in [0.15, 0.2) is 6.10 Å². The number of aliphatic hydroxyl groups excluding tert-OH is 2. The molecule has 248 valence electrons. The lowest BCUT2D eigenvalue weighted by atomic mass is 10.1. The van der Waals surface area contributed by atoms with Crippen LogP contribution in [-0.4, -0.2) is 47.6 Å². The van der Waals surface area contributed by atoms with Crippen molar-refractivity contribution in [2.24, 2.45) is 0 Å². The average molecular weight is 605 g/mol. The first kappa shape index (κ1) is 40.8. The number of unbranched alkanes of at least 4 members (excludes halogenated alkanes) is 12. The zero-order chi connectivity index (χ0) is 31.6. The van der Waals surface area contributed by atoms with Crippen molar-refractivity contribution < 1.29 is 29.3 Å². The molecule has 0 aromatic carbocycles. The van der Waals surface area contributed by atoms with Gasteiger partial charge in [-0.15, -0.1) is 0 Å². The lowest BCUT2D eigenvalue weighted by molar-refractivity contribution is -0.161. The second kappa shape index (κ2) is 32.7. The monoisotopic (exact) mass is 604 g/mol. The van der Waals surface area contributed by atoms with E-state index in [0.717, 1.165) is 64.2 Å². The second-order valence-electron chi connectivity index (χ2n) is 11.5. The van der Waals surface area contributed by atoms with E-state index < -0.39 is 6.10 Å². The Morgan fingerprint density at radius 3 is 1.60 bits per heavy atom. The highest BCUT2D eigenvalue weighted by Crippen LogP contribution is 2.12. The molecule has 0 unspecified atom stereocenters. The fourth-order valence-electron chi connectivity index (χ4n) is 4.50. The molecule has 0 fully saturated rings. The van der Waals surface area contributed by atoms with E-state index in [-0.39, 0.29) is 37.7 Å². The SMILES string of the molecule is CCCCCCCCCCCCCC(=O)OC[C@H](CO)OC(=O)CCC/C=C\C/C=C\C/C=C\C/C=C\CCC[C@H](C)O. The van der Waals surface area contributed by atoms with E-state index >= 15 is 0 Å². The van der Waals surface area contributed by atoms with Gasteiger partial charge < -0.3 is 19.7 Å². The summed E-state index contributed by atoms with van der Waals surface area (Å²) < 4.78 is 10.5. The Morgan fingerprint density at radius 2 is 1.09 bits per heavy atom. The first-order chi connectivity index (χ1) is 21.0. The molecule has 0 aliphatic rings. The quantitative estimate of drug-likeness (QED) is 0.0482. The zero-order valence-electron chi connectivity index (χ0n) is 27.6. The first-order valence-corrected chi connectivity index (χ1v) is 17.2. The van der Waals surface area contributed by atoms with Crippen molar-refractivity contribution in [3.63, 3.8) is 0 Å². The molecule has 0 spiro atoms. The van der Waals surface area contributed by atoms with Crippen molar-refractivity contribution in [3.8, 4) is 0 Å². The Bertz CT molecular complexity index is 752. The number of esters is 2. The Kier molecular flexibility index (Phi) is 31.1. The fourth-order valence-corrected chi connectivity index (χ4v) is 4.50. The Morgan fingerprint density at radius 1 is 0.628 bits per heavy atom. The smallest absolute Gasteiger partial charge is 0.306 e. The Balaban J connectivity index is 3.72. The number of carbonyl (C=O) groups is 2. The summed E-state index contributed by atoms with van der Waals surface area (Å²) in [6.07, 6.45) is 37.3. The number of carbonyl (C=O) groups excluding carboxylic acids is 2. The van der Waals surface area contributed by atoms with E-state index in [1.165, 1.54) is 51.4 Å². The van der Waals surface area contributed by atoms with Gasteiger partial charge in [-0.3, -0.25) is 9.59 Å². The van der Waals surface area contributed by atoms with Gasteiger partial charge in [0, 0.05) is 12.8 Å². The van der Waals surface area contributed by atoms with Crippen LogP contribution in [0.4, 0.5) is 0 Å². The lowest BCUT2D eigenvalue weighted by Crippen LogP contribution is -2.28. The highest BCUT2D eigenvalue weighted by Gasteiger charge is 2.15. The van der Waals surface area contributed by atoms with Crippen molar-refractivity contribution >= 4 is 11.9 Å². The number of aliphatic hydroxyl groups is 2. The van der Waals surface area contributed by atoms with Crippen LogP contribution in [0.1, 0.15) is 149 Å². The molecule has 2 atom stereocenters. The molecule has 0 aromatic rings. The molecule has 0 saturated carbocycles. The summed E-state index contributed by atoms with van der Waals surface area (Å²) in [6, 6.07) is 0. The topological polar surface area (TPSA) is 93.1 Å². The zero-order valence-corrected chi connectivity index (χ0v) is 27.6. The van der Waals surface area contributed by atoms with Crippen molar-refractivity contribution in [2.45, 2.75) is 161 Å². The number of rotatable bonds is 30. The molecule has 0 bridgehead atoms. The van der Waals surface area contributed by atoms with Crippen LogP contribution in [0.15, 0.2) is 48.6 Å². The highest BCUT2D eigenvalue weighted by atomic mass is 16.6. The van der Waals surface area contributed by atoms with E-state index in [1.54, 1.807) is 0 Å². The summed E-state index contributed by atoms with van der Waals surface area (Å²) in [7, 11) is 0. The number of ether oxygens (including phenoxy) is 2. The molecule has 0 amide bonds. The molecule has 0 radical (unpaired) electrons. The van der Waals surface area contributed by atoms with Gasteiger partial charge in [-0.25, -0.2) is 0 Å². The molecule has 43 heavy (non-hydrogen) atoms. The number of hydrogen-bond acceptors (Lipinski definition) is 6. The van der Waals surface area contributed by atoms with E-state index in [0.29, 0.717) is 12.8 Å². The molecular weight excluding hydrogens is 540 g/mol. The van der Waals surface area contributed by atoms with Crippen LogP contribution in [0, 0.1) is 0 Å². The van der Waals surface area contributed by atoms with Crippen LogP contribution < -0.4 is 0 Å². The van der Waals surface area contributed by atoms with Crippen LogP contribution in [0.3, 0.4) is 0 Å². The molecule has 6 heteroatoms. The third-order valence-electron chi connectivity index (χ3n) is 7.14. The van der Waals surface area contributed by atoms with Crippen molar-refractivity contribution in [1.29, 1.82) is 0 Å². The van der Waals surface area contributed by atoms with Crippen LogP contribution in [0.2, 0.25) is 0 Å². The maximum Gasteiger partial charge on any atom is 0.306 e. The van der Waals surface area contributed by atoms with Crippen LogP contribution in [0.25, 0.3) is 0 Å². The van der Waals surface area contributed by atoms with Crippen LogP contribution in [0.5, 0.6) is 0 Å². The molecule has 0 heterocycles. The largest absolute Gasteiger partial charge is 0.462 e. The van der Waals surface area contributed by atoms with Gasteiger partial charge in [0.2, 0.25) is 0 Å². The summed E-state index contributed by atoms with van der Waals surface area (Å²) in [4.78, 5) is 24.1. The van der Waals surface area contributed by atoms with Crippen LogP contribution in [-0.2, 0) is 19.1 Å². The molecule has 2 N–H and O–H groups in total. The molecule has 0 aromatic heterocycles. The summed E-state index contributed by atoms with van der Waals surface area (Å²) in [5.74, 6) is -0.677. The molecule has 0 aliphatic heterocycles. The number of allylic oxidation sites excluding steroid dienone is 8. The van der Waals surface area contributed by atoms with Gasteiger partial charge in [0.1, 0.15) is 6.61 Å². The molecule has 0 saturated heterocycles. The summed E-state index contributed by atoms with van der Waals surface area (Å²) in [5, 5.41) is 18.7. The molecule has 6 nitrogen and oxygen atoms in total. The number of hydrogen-bond donors (Lipinski definition) is 2. The Labute approximate surface area is 263 Å². The van der Waals surface area contributed by atoms with E-state index in [1.807, 2.05) is 6.92 Å². The molecule has 0 aliphatic carbocycles. The van der Waals surface area contributed by atoms with E-state index in [2.05, 4.69) is 55.5 Å². The third-order valence-corrected chi connectivity index (χ3v) is 7.14. The minimum atomic E-state index is -0.805. The predicted octanol–water partition coefficient (Wildman–Crippen LogP) is 9.25. The van der Waals surface area contributed by atoms with Crippen molar-refractivity contribution in [1.82, 2.24) is 0 Å². The Hall–Kier alpha value is -2.18. The third kappa shape index (κ3) is 32.6. The van der Waals surface area contributed by atoms with Gasteiger partial charge >= 0.3 is 11.9 Å². The molecular formula is C37H64O6. The molecule has 0 rings (SSSR count). The highest BCUT2D eigenvalue weighted by molar-refractivity contribution is 5.70. The van der Waals surface area contributed by atoms with Gasteiger partial charge in [-0.05, 0) is 64.7 Å².